The monoisotopic (exact) mass is 209 g/mol. The van der Waals surface area contributed by atoms with Crippen LogP contribution in [-0.4, -0.2) is 0 Å². The van der Waals surface area contributed by atoms with Crippen LogP contribution in [0.1, 0.15) is 1.43 Å². The predicted molar refractivity (Wildman–Crippen MR) is 1.11 cm³/mol. The summed E-state index contributed by atoms with van der Waals surface area (Å²) in [4.78, 5) is 0. The fraction of sp³-hybridized carbons (Fsp3) is 0. The Bertz CT molecular complexity index is 11.6. The van der Waals surface area contributed by atoms with Crippen molar-refractivity contribution in [3.05, 3.63) is 0 Å². The van der Waals surface area contributed by atoms with Crippen molar-refractivity contribution in [1.29, 1.82) is 0 Å². The molecule has 0 aromatic heterocycles. The molecule has 0 aromatic carbocycles. The molecule has 4 heavy (non-hydrogen) atoms. The molecule has 0 aliphatic rings. The van der Waals surface area contributed by atoms with E-state index in [1.807, 2.05) is 0 Å². The molecule has 0 nitrogen and oxygen atoms in total. The topological polar surface area (TPSA) is 0 Å². The van der Waals surface area contributed by atoms with Crippen LogP contribution in [0.15, 0.2) is 0 Å². The molecule has 0 aliphatic heterocycles. The van der Waals surface area contributed by atoms with Gasteiger partial charge in [0.05, 0.1) is 0 Å². The maximum absolute atomic E-state index is 0. The summed E-state index contributed by atoms with van der Waals surface area (Å²) in [5.41, 5.74) is 0. The van der Waals surface area contributed by atoms with E-state index in [-0.39, 0.29) is 103 Å². The first-order chi connectivity index (χ1) is 0. The van der Waals surface area contributed by atoms with Crippen LogP contribution in [0, 0.1) is 0 Å². The summed E-state index contributed by atoms with van der Waals surface area (Å²) in [5, 5.41) is 0. The van der Waals surface area contributed by atoms with Gasteiger partial charge in [0.15, 0.2) is 0 Å². The first-order valence-corrected chi connectivity index (χ1v) is 0. The molecular formula is HFeKMnNi. The van der Waals surface area contributed by atoms with Crippen LogP contribution in [0.3, 0.4) is 0 Å². The largest absolute Gasteiger partial charge is 1.00 e. The summed E-state index contributed by atoms with van der Waals surface area (Å²) in [7, 11) is 0. The Morgan fingerprint density at radius 2 is 1.25 bits per heavy atom. The molecule has 0 spiro atoms. The average Bonchev–Trinajstić information content (AvgIpc) is 0. The van der Waals surface area contributed by atoms with Crippen molar-refractivity contribution in [2.24, 2.45) is 0 Å². The third kappa shape index (κ3) is 8.95. The van der Waals surface area contributed by atoms with E-state index in [1.54, 1.807) is 0 Å². The van der Waals surface area contributed by atoms with Crippen molar-refractivity contribution in [2.75, 3.05) is 0 Å². The molecule has 4 heteroatoms. The van der Waals surface area contributed by atoms with Gasteiger partial charge in [-0.2, -0.15) is 0 Å². The van der Waals surface area contributed by atoms with Crippen LogP contribution in [0.4, 0.5) is 0 Å². The average molecular weight is 210 g/mol. The minimum absolute atomic E-state index is 0. The van der Waals surface area contributed by atoms with Gasteiger partial charge in [-0.15, -0.1) is 0 Å². The molecule has 0 bridgehead atoms. The van der Waals surface area contributed by atoms with Crippen molar-refractivity contribution >= 4 is 0 Å². The number of hydrogen-bond donors (Lipinski definition) is 0. The van der Waals surface area contributed by atoms with Crippen molar-refractivity contribution in [3.8, 4) is 0 Å². The molecule has 0 N–H and O–H groups in total. The molecule has 0 unspecified atom stereocenters. The molecule has 0 aliphatic carbocycles. The second-order valence-corrected chi connectivity index (χ2v) is 0. The molecule has 0 amide bonds. The first-order valence-electron chi connectivity index (χ1n) is 0. The molecule has 0 aromatic rings. The van der Waals surface area contributed by atoms with Gasteiger partial charge >= 0.3 is 51.4 Å². The Hall–Kier alpha value is 3.17. The van der Waals surface area contributed by atoms with Crippen molar-refractivity contribution in [1.82, 2.24) is 0 Å². The van der Waals surface area contributed by atoms with Gasteiger partial charge in [-0.05, 0) is 0 Å². The quantitative estimate of drug-likeness (QED) is 0.376. The number of hydrogen-bond acceptors (Lipinski definition) is 0. The van der Waals surface area contributed by atoms with Gasteiger partial charge < -0.3 is 1.43 Å². The molecular weight excluding hydrogens is 209 g/mol. The second kappa shape index (κ2) is 16.4. The number of rotatable bonds is 0. The van der Waals surface area contributed by atoms with Gasteiger partial charge in [-0.25, -0.2) is 0 Å². The van der Waals surface area contributed by atoms with E-state index >= 15 is 0 Å². The fourth-order valence-electron chi connectivity index (χ4n) is 0. The molecule has 0 saturated carbocycles. The van der Waals surface area contributed by atoms with Crippen LogP contribution >= 0.6 is 0 Å². The van der Waals surface area contributed by atoms with Gasteiger partial charge in [0.25, 0.3) is 0 Å². The minimum Gasteiger partial charge on any atom is -1.00 e. The Kier molecular flexibility index (Phi) is 111. The van der Waals surface area contributed by atoms with Gasteiger partial charge in [0.2, 0.25) is 0 Å². The van der Waals surface area contributed by atoms with Crippen LogP contribution in [-0.2, 0) is 50.6 Å². The Morgan fingerprint density at radius 3 is 1.25 bits per heavy atom. The van der Waals surface area contributed by atoms with Crippen molar-refractivity contribution in [3.63, 3.8) is 0 Å². The fourth-order valence-corrected chi connectivity index (χ4v) is 0. The third-order valence-electron chi connectivity index (χ3n) is 0. The molecule has 0 fully saturated rings. The van der Waals surface area contributed by atoms with E-state index in [4.69, 9.17) is 0 Å². The predicted octanol–water partition coefficient (Wildman–Crippen LogP) is -2.89. The molecule has 0 rings (SSSR count). The van der Waals surface area contributed by atoms with Crippen LogP contribution in [0.2, 0.25) is 0 Å². The Balaban J connectivity index is 0. The van der Waals surface area contributed by atoms with Crippen LogP contribution in [0.5, 0.6) is 0 Å². The van der Waals surface area contributed by atoms with E-state index < -0.39 is 0 Å². The Labute approximate surface area is 101 Å². The van der Waals surface area contributed by atoms with E-state index in [2.05, 4.69) is 0 Å². The van der Waals surface area contributed by atoms with E-state index in [0.29, 0.717) is 0 Å². The molecule has 1 radical (unpaired) electrons. The summed E-state index contributed by atoms with van der Waals surface area (Å²) < 4.78 is 0. The first kappa shape index (κ1) is 27.2. The molecule has 0 saturated heterocycles. The third-order valence-corrected chi connectivity index (χ3v) is 0. The maximum Gasteiger partial charge on any atom is 1.00 e. The van der Waals surface area contributed by atoms with Crippen LogP contribution in [0.25, 0.3) is 0 Å². The van der Waals surface area contributed by atoms with Gasteiger partial charge in [-0.3, -0.25) is 0 Å². The summed E-state index contributed by atoms with van der Waals surface area (Å²) in [6.07, 6.45) is 0. The SMILES string of the molecule is [Fe].[H-].[K+].[Mn].[Ni]. The van der Waals surface area contributed by atoms with Gasteiger partial charge in [0.1, 0.15) is 0 Å². The normalized spacial score (nSPS) is 0. The zero-order valence-corrected chi connectivity index (χ0v) is 8.44. The van der Waals surface area contributed by atoms with Crippen LogP contribution < -0.4 is 51.4 Å². The van der Waals surface area contributed by atoms with E-state index in [0.717, 1.165) is 0 Å². The van der Waals surface area contributed by atoms with E-state index in [1.165, 1.54) is 0 Å². The standard InChI is InChI=1S/Fe.K.Mn.Ni.H/q;+1;;;-1. The minimum atomic E-state index is 0. The summed E-state index contributed by atoms with van der Waals surface area (Å²) >= 11 is 0. The summed E-state index contributed by atoms with van der Waals surface area (Å²) in [6.45, 7) is 0. The van der Waals surface area contributed by atoms with Crippen molar-refractivity contribution < 1.29 is 103 Å². The van der Waals surface area contributed by atoms with Gasteiger partial charge in [-0.1, -0.05) is 0 Å². The molecule has 0 atom stereocenters. The zero-order valence-electron chi connectivity index (χ0n) is 3.05. The smallest absolute Gasteiger partial charge is 1.00 e. The Morgan fingerprint density at radius 1 is 1.25 bits per heavy atom. The van der Waals surface area contributed by atoms with Crippen molar-refractivity contribution in [2.45, 2.75) is 0 Å². The zero-order chi connectivity index (χ0) is 0. The second-order valence-electron chi connectivity index (χ2n) is 0. The molecule has 27 valence electrons. The van der Waals surface area contributed by atoms with E-state index in [9.17, 15) is 0 Å². The van der Waals surface area contributed by atoms with Gasteiger partial charge in [0, 0.05) is 50.6 Å². The molecule has 0 heterocycles. The summed E-state index contributed by atoms with van der Waals surface area (Å²) in [5.74, 6) is 0. The summed E-state index contributed by atoms with van der Waals surface area (Å²) in [6, 6.07) is 0. The maximum atomic E-state index is 0.